The Morgan fingerprint density at radius 3 is 2.48 bits per heavy atom. The molecule has 2 aliphatic rings. The number of rotatable bonds is 4. The number of carbonyl (C=O) groups is 2. The maximum atomic E-state index is 12.6. The maximum absolute atomic E-state index is 12.6. The molecular formula is C14H25N3O4. The number of carbonyl (C=O) groups excluding carboxylic acids is 1. The van der Waals surface area contributed by atoms with E-state index in [2.05, 4.69) is 10.2 Å². The van der Waals surface area contributed by atoms with E-state index in [0.29, 0.717) is 32.7 Å². The van der Waals surface area contributed by atoms with Crippen molar-refractivity contribution >= 4 is 11.9 Å². The van der Waals surface area contributed by atoms with E-state index < -0.39 is 11.9 Å². The SMILES string of the molecule is O=C(O)[C@H]1CNCCN(C(=O)C2CCN(CCO)CC2)C1. The second kappa shape index (κ2) is 7.72. The third-order valence-electron chi connectivity index (χ3n) is 4.40. The van der Waals surface area contributed by atoms with Gasteiger partial charge in [-0.25, -0.2) is 0 Å². The summed E-state index contributed by atoms with van der Waals surface area (Å²) in [6.45, 7) is 4.42. The molecule has 120 valence electrons. The number of hydrogen-bond donors (Lipinski definition) is 3. The second-order valence-electron chi connectivity index (χ2n) is 5.86. The van der Waals surface area contributed by atoms with Crippen LogP contribution < -0.4 is 5.32 Å². The zero-order valence-electron chi connectivity index (χ0n) is 12.3. The van der Waals surface area contributed by atoms with Gasteiger partial charge < -0.3 is 25.3 Å². The molecular weight excluding hydrogens is 274 g/mol. The summed E-state index contributed by atoms with van der Waals surface area (Å²) < 4.78 is 0. The van der Waals surface area contributed by atoms with E-state index in [1.54, 1.807) is 4.90 Å². The monoisotopic (exact) mass is 299 g/mol. The number of carboxylic acid groups (broad SMARTS) is 1. The quantitative estimate of drug-likeness (QED) is 0.605. The van der Waals surface area contributed by atoms with Gasteiger partial charge in [0, 0.05) is 38.6 Å². The van der Waals surface area contributed by atoms with Gasteiger partial charge in [-0.15, -0.1) is 0 Å². The first-order valence-electron chi connectivity index (χ1n) is 7.67. The van der Waals surface area contributed by atoms with Crippen LogP contribution in [0.4, 0.5) is 0 Å². The van der Waals surface area contributed by atoms with Gasteiger partial charge in [-0.2, -0.15) is 0 Å². The minimum atomic E-state index is -0.847. The van der Waals surface area contributed by atoms with Crippen LogP contribution in [0.3, 0.4) is 0 Å². The number of β-amino-alcohol motifs (C(OH)–C–C–N with tert-alkyl or cyclic N) is 1. The Bertz CT molecular complexity index is 369. The molecule has 7 nitrogen and oxygen atoms in total. The molecule has 2 saturated heterocycles. The first-order chi connectivity index (χ1) is 10.1. The van der Waals surface area contributed by atoms with Crippen LogP contribution in [0.5, 0.6) is 0 Å². The van der Waals surface area contributed by atoms with E-state index in [1.807, 2.05) is 0 Å². The summed E-state index contributed by atoms with van der Waals surface area (Å²) in [7, 11) is 0. The highest BCUT2D eigenvalue weighted by atomic mass is 16.4. The highest BCUT2D eigenvalue weighted by molar-refractivity contribution is 5.80. The minimum absolute atomic E-state index is 0.00696. The summed E-state index contributed by atoms with van der Waals surface area (Å²) in [6.07, 6.45) is 1.58. The number of aliphatic carboxylic acids is 1. The summed E-state index contributed by atoms with van der Waals surface area (Å²) in [5, 5.41) is 21.2. The van der Waals surface area contributed by atoms with Crippen LogP contribution in [0.2, 0.25) is 0 Å². The molecule has 0 spiro atoms. The van der Waals surface area contributed by atoms with Gasteiger partial charge in [-0.05, 0) is 25.9 Å². The summed E-state index contributed by atoms with van der Waals surface area (Å²) in [5.41, 5.74) is 0. The third-order valence-corrected chi connectivity index (χ3v) is 4.40. The van der Waals surface area contributed by atoms with Crippen LogP contribution in [0.25, 0.3) is 0 Å². The van der Waals surface area contributed by atoms with Crippen LogP contribution in [-0.2, 0) is 9.59 Å². The topological polar surface area (TPSA) is 93.1 Å². The Kier molecular flexibility index (Phi) is 5.96. The lowest BCUT2D eigenvalue weighted by atomic mass is 9.95. The molecule has 2 aliphatic heterocycles. The Morgan fingerprint density at radius 1 is 1.14 bits per heavy atom. The molecule has 0 aliphatic carbocycles. The molecule has 21 heavy (non-hydrogen) atoms. The first kappa shape index (κ1) is 16.2. The van der Waals surface area contributed by atoms with Crippen molar-refractivity contribution in [1.82, 2.24) is 15.1 Å². The zero-order valence-corrected chi connectivity index (χ0v) is 12.3. The number of amides is 1. The maximum Gasteiger partial charge on any atom is 0.309 e. The number of carboxylic acids is 1. The van der Waals surface area contributed by atoms with E-state index in [4.69, 9.17) is 10.2 Å². The van der Waals surface area contributed by atoms with E-state index >= 15 is 0 Å². The number of piperidine rings is 1. The fourth-order valence-electron chi connectivity index (χ4n) is 3.08. The van der Waals surface area contributed by atoms with E-state index in [9.17, 15) is 9.59 Å². The molecule has 0 unspecified atom stereocenters. The van der Waals surface area contributed by atoms with Crippen molar-refractivity contribution < 1.29 is 19.8 Å². The van der Waals surface area contributed by atoms with Crippen molar-refractivity contribution in [3.8, 4) is 0 Å². The summed E-state index contributed by atoms with van der Waals surface area (Å²) in [5.74, 6) is -1.29. The third kappa shape index (κ3) is 4.39. The number of aliphatic hydroxyl groups is 1. The normalized spacial score (nSPS) is 25.6. The minimum Gasteiger partial charge on any atom is -0.481 e. The van der Waals surface area contributed by atoms with Crippen LogP contribution in [0.1, 0.15) is 12.8 Å². The zero-order chi connectivity index (χ0) is 15.2. The van der Waals surface area contributed by atoms with Crippen LogP contribution >= 0.6 is 0 Å². The van der Waals surface area contributed by atoms with Crippen molar-refractivity contribution in [3.63, 3.8) is 0 Å². The fraction of sp³-hybridized carbons (Fsp3) is 0.857. The van der Waals surface area contributed by atoms with E-state index in [-0.39, 0.29) is 18.4 Å². The lowest BCUT2D eigenvalue weighted by Crippen LogP contribution is -2.45. The average Bonchev–Trinajstić information content (AvgIpc) is 2.74. The molecule has 0 aromatic heterocycles. The van der Waals surface area contributed by atoms with Gasteiger partial charge >= 0.3 is 5.97 Å². The lowest BCUT2D eigenvalue weighted by molar-refractivity contribution is -0.144. The Hall–Kier alpha value is -1.18. The van der Waals surface area contributed by atoms with Crippen LogP contribution in [0.15, 0.2) is 0 Å². The van der Waals surface area contributed by atoms with Crippen molar-refractivity contribution in [3.05, 3.63) is 0 Å². The van der Waals surface area contributed by atoms with Crippen molar-refractivity contribution in [2.45, 2.75) is 12.8 Å². The largest absolute Gasteiger partial charge is 0.481 e. The van der Waals surface area contributed by atoms with Gasteiger partial charge in [0.1, 0.15) is 0 Å². The Balaban J connectivity index is 1.88. The second-order valence-corrected chi connectivity index (χ2v) is 5.86. The van der Waals surface area contributed by atoms with Gasteiger partial charge in [0.25, 0.3) is 0 Å². The number of likely N-dealkylation sites (tertiary alicyclic amines) is 1. The number of aliphatic hydroxyl groups excluding tert-OH is 1. The molecule has 0 radical (unpaired) electrons. The van der Waals surface area contributed by atoms with Gasteiger partial charge in [-0.3, -0.25) is 9.59 Å². The highest BCUT2D eigenvalue weighted by Gasteiger charge is 2.32. The number of nitrogens with one attached hydrogen (secondary N) is 1. The highest BCUT2D eigenvalue weighted by Crippen LogP contribution is 2.20. The standard InChI is InChI=1S/C14H25N3O4/c18-8-7-16-4-1-11(2-5-16)13(19)17-6-3-15-9-12(10-17)14(20)21/h11-12,15,18H,1-10H2,(H,20,21)/t12-/m0/s1. The molecule has 2 rings (SSSR count). The Labute approximate surface area is 124 Å². The lowest BCUT2D eigenvalue weighted by Gasteiger charge is -2.34. The first-order valence-corrected chi connectivity index (χ1v) is 7.67. The molecule has 3 N–H and O–H groups in total. The summed E-state index contributed by atoms with van der Waals surface area (Å²) >= 11 is 0. The van der Waals surface area contributed by atoms with Crippen molar-refractivity contribution in [1.29, 1.82) is 0 Å². The summed E-state index contributed by atoms with van der Waals surface area (Å²) in [6, 6.07) is 0. The molecule has 2 heterocycles. The molecule has 1 amide bonds. The van der Waals surface area contributed by atoms with Crippen LogP contribution in [-0.4, -0.2) is 84.3 Å². The molecule has 0 saturated carbocycles. The fourth-order valence-corrected chi connectivity index (χ4v) is 3.08. The molecule has 0 aromatic carbocycles. The van der Waals surface area contributed by atoms with E-state index in [0.717, 1.165) is 25.9 Å². The Morgan fingerprint density at radius 2 is 1.86 bits per heavy atom. The molecule has 0 aromatic rings. The predicted octanol–water partition coefficient (Wildman–Crippen LogP) is -1.18. The van der Waals surface area contributed by atoms with Crippen LogP contribution in [0, 0.1) is 11.8 Å². The van der Waals surface area contributed by atoms with Gasteiger partial charge in [0.15, 0.2) is 0 Å². The molecule has 2 fully saturated rings. The van der Waals surface area contributed by atoms with Gasteiger partial charge in [0.05, 0.1) is 12.5 Å². The smallest absolute Gasteiger partial charge is 0.309 e. The van der Waals surface area contributed by atoms with E-state index in [1.165, 1.54) is 0 Å². The average molecular weight is 299 g/mol. The van der Waals surface area contributed by atoms with Crippen molar-refractivity contribution in [2.24, 2.45) is 11.8 Å². The predicted molar refractivity (Wildman–Crippen MR) is 76.8 cm³/mol. The van der Waals surface area contributed by atoms with Gasteiger partial charge in [-0.1, -0.05) is 0 Å². The molecule has 7 heteroatoms. The summed E-state index contributed by atoms with van der Waals surface area (Å²) in [4.78, 5) is 27.6. The molecule has 0 bridgehead atoms. The van der Waals surface area contributed by atoms with Crippen molar-refractivity contribution in [2.75, 3.05) is 52.4 Å². The molecule has 1 atom stereocenters. The number of nitrogens with zero attached hydrogens (tertiary/aromatic N) is 2. The number of hydrogen-bond acceptors (Lipinski definition) is 5. The van der Waals surface area contributed by atoms with Gasteiger partial charge in [0.2, 0.25) is 5.91 Å².